The van der Waals surface area contributed by atoms with Gasteiger partial charge in [0.1, 0.15) is 17.9 Å². The monoisotopic (exact) mass is 714 g/mol. The molecule has 0 aliphatic carbocycles. The first kappa shape index (κ1) is 39.2. The third kappa shape index (κ3) is 11.0. The summed E-state index contributed by atoms with van der Waals surface area (Å²) >= 11 is 0. The number of rotatable bonds is 16. The van der Waals surface area contributed by atoms with Crippen LogP contribution in [0, 0.1) is 19.8 Å². The number of aryl methyl sites for hydroxylation is 2. The molecule has 3 aromatic rings. The predicted molar refractivity (Wildman–Crippen MR) is 196 cm³/mol. The van der Waals surface area contributed by atoms with E-state index in [4.69, 9.17) is 20.9 Å². The Morgan fingerprint density at radius 1 is 0.808 bits per heavy atom. The van der Waals surface area contributed by atoms with Gasteiger partial charge in [-0.25, -0.2) is 19.3 Å². The highest BCUT2D eigenvalue weighted by Crippen LogP contribution is 2.23. The van der Waals surface area contributed by atoms with Crippen LogP contribution in [-0.2, 0) is 27.2 Å². The van der Waals surface area contributed by atoms with Gasteiger partial charge in [-0.2, -0.15) is 0 Å². The molecule has 4 atom stereocenters. The van der Waals surface area contributed by atoms with Gasteiger partial charge in [0.2, 0.25) is 5.91 Å². The SMILES string of the molecule is Cc1cccc(C)c1OCC(=O)N[C@@H](Cc1ccccc1)[C@H](C[C@H](Cc1ccccc1)NC(=O)[C@H](C(C)C)N1CCCN(C(N)=O)C1=O)OC(N)=O. The number of carbonyl (C=O) groups is 5. The van der Waals surface area contributed by atoms with Gasteiger partial charge in [-0.15, -0.1) is 0 Å². The Bertz CT molecular complexity index is 1670. The van der Waals surface area contributed by atoms with Gasteiger partial charge in [-0.05, 0) is 61.3 Å². The molecule has 278 valence electrons. The van der Waals surface area contributed by atoms with Crippen molar-refractivity contribution in [2.45, 2.75) is 77.6 Å². The van der Waals surface area contributed by atoms with Crippen molar-refractivity contribution in [1.82, 2.24) is 20.4 Å². The van der Waals surface area contributed by atoms with E-state index in [0.29, 0.717) is 18.6 Å². The number of urea groups is 2. The molecule has 52 heavy (non-hydrogen) atoms. The van der Waals surface area contributed by atoms with Gasteiger partial charge in [0.05, 0.1) is 6.04 Å². The van der Waals surface area contributed by atoms with E-state index in [1.807, 2.05) is 107 Å². The topological polar surface area (TPSA) is 186 Å². The summed E-state index contributed by atoms with van der Waals surface area (Å²) in [6.07, 6.45) is -0.902. The first-order valence-corrected chi connectivity index (χ1v) is 17.5. The van der Waals surface area contributed by atoms with Crippen molar-refractivity contribution < 1.29 is 33.4 Å². The molecule has 0 aromatic heterocycles. The number of hydrogen-bond donors (Lipinski definition) is 4. The molecule has 1 heterocycles. The first-order chi connectivity index (χ1) is 24.8. The summed E-state index contributed by atoms with van der Waals surface area (Å²) < 4.78 is 11.7. The summed E-state index contributed by atoms with van der Waals surface area (Å²) in [5.41, 5.74) is 14.6. The molecule has 13 nitrogen and oxygen atoms in total. The van der Waals surface area contributed by atoms with E-state index in [-0.39, 0.29) is 38.5 Å². The molecule has 0 bridgehead atoms. The second-order valence-electron chi connectivity index (χ2n) is 13.5. The molecule has 0 radical (unpaired) electrons. The molecule has 6 N–H and O–H groups in total. The van der Waals surface area contributed by atoms with Crippen LogP contribution in [0.2, 0.25) is 0 Å². The molecule has 0 spiro atoms. The van der Waals surface area contributed by atoms with Gasteiger partial charge < -0.3 is 36.5 Å². The molecular formula is C39H50N6O7. The Hall–Kier alpha value is -5.59. The highest BCUT2D eigenvalue weighted by molar-refractivity contribution is 5.96. The van der Waals surface area contributed by atoms with Crippen molar-refractivity contribution in [2.75, 3.05) is 19.7 Å². The number of hydrogen-bond acceptors (Lipinski definition) is 7. The number of nitrogens with one attached hydrogen (secondary N) is 2. The second-order valence-corrected chi connectivity index (χ2v) is 13.5. The molecule has 0 saturated carbocycles. The van der Waals surface area contributed by atoms with Crippen LogP contribution in [0.25, 0.3) is 0 Å². The molecule has 7 amide bonds. The van der Waals surface area contributed by atoms with Gasteiger partial charge in [-0.3, -0.25) is 9.59 Å². The molecule has 1 aliphatic heterocycles. The first-order valence-electron chi connectivity index (χ1n) is 17.5. The van der Waals surface area contributed by atoms with E-state index in [1.54, 1.807) is 0 Å². The van der Waals surface area contributed by atoms with Crippen molar-refractivity contribution in [3.8, 4) is 5.75 Å². The molecular weight excluding hydrogens is 664 g/mol. The van der Waals surface area contributed by atoms with Crippen LogP contribution in [0.5, 0.6) is 5.75 Å². The van der Waals surface area contributed by atoms with Crippen LogP contribution in [0.3, 0.4) is 0 Å². The summed E-state index contributed by atoms with van der Waals surface area (Å²) in [5, 5.41) is 6.11. The highest BCUT2D eigenvalue weighted by atomic mass is 16.6. The number of nitrogens with zero attached hydrogens (tertiary/aromatic N) is 2. The van der Waals surface area contributed by atoms with E-state index in [0.717, 1.165) is 27.2 Å². The van der Waals surface area contributed by atoms with E-state index in [9.17, 15) is 24.0 Å². The maximum atomic E-state index is 14.2. The summed E-state index contributed by atoms with van der Waals surface area (Å²) in [6, 6.07) is 20.7. The second kappa shape index (κ2) is 18.6. The number of amides is 7. The number of carbonyl (C=O) groups excluding carboxylic acids is 5. The molecule has 1 fully saturated rings. The fourth-order valence-corrected chi connectivity index (χ4v) is 6.67. The number of primary amides is 2. The maximum Gasteiger partial charge on any atom is 0.404 e. The Labute approximate surface area is 305 Å². The minimum absolute atomic E-state index is 0.0608. The van der Waals surface area contributed by atoms with Crippen molar-refractivity contribution in [2.24, 2.45) is 17.4 Å². The van der Waals surface area contributed by atoms with E-state index >= 15 is 0 Å². The van der Waals surface area contributed by atoms with Gasteiger partial charge in [-0.1, -0.05) is 92.7 Å². The summed E-state index contributed by atoms with van der Waals surface area (Å²) in [5.74, 6) is -0.598. The number of nitrogens with two attached hydrogens (primary N) is 2. The maximum absolute atomic E-state index is 14.2. The molecule has 4 rings (SSSR count). The van der Waals surface area contributed by atoms with E-state index < -0.39 is 54.2 Å². The van der Waals surface area contributed by atoms with Crippen LogP contribution in [-0.4, -0.2) is 83.7 Å². The van der Waals surface area contributed by atoms with Gasteiger partial charge in [0.25, 0.3) is 5.91 Å². The lowest BCUT2D eigenvalue weighted by Crippen LogP contribution is -2.62. The molecule has 13 heteroatoms. The Kier molecular flexibility index (Phi) is 14.0. The van der Waals surface area contributed by atoms with Crippen LogP contribution >= 0.6 is 0 Å². The summed E-state index contributed by atoms with van der Waals surface area (Å²) in [4.78, 5) is 67.6. The van der Waals surface area contributed by atoms with Crippen LogP contribution in [0.1, 0.15) is 48.9 Å². The summed E-state index contributed by atoms with van der Waals surface area (Å²) in [7, 11) is 0. The lowest BCUT2D eigenvalue weighted by Gasteiger charge is -2.40. The number of para-hydroxylation sites is 1. The van der Waals surface area contributed by atoms with Crippen molar-refractivity contribution in [3.05, 3.63) is 101 Å². The molecule has 1 aliphatic rings. The Morgan fingerprint density at radius 3 is 1.96 bits per heavy atom. The Balaban J connectivity index is 1.63. The number of imide groups is 1. The molecule has 0 unspecified atom stereocenters. The minimum atomic E-state index is -1.04. The lowest BCUT2D eigenvalue weighted by molar-refractivity contribution is -0.128. The zero-order chi connectivity index (χ0) is 37.8. The normalized spacial score (nSPS) is 15.3. The van der Waals surface area contributed by atoms with Crippen molar-refractivity contribution >= 4 is 30.0 Å². The summed E-state index contributed by atoms with van der Waals surface area (Å²) in [6.45, 7) is 7.58. The minimum Gasteiger partial charge on any atom is -0.483 e. The lowest BCUT2D eigenvalue weighted by atomic mass is 9.92. The standard InChI is InChI=1S/C39H50N6O7/c1-25(2)34(44-19-12-20-45(37(40)48)39(44)50)36(47)42-30(21-28-15-7-5-8-16-28)23-32(52-38(41)49)31(22-29-17-9-6-10-18-29)43-33(46)24-51-35-26(3)13-11-14-27(35)4/h5-11,13-18,25,30-32,34H,12,19-24H2,1-4H3,(H2,40,48)(H2,41,49)(H,42,47)(H,43,46)/t30-,31-,32-,34-/m0/s1. The highest BCUT2D eigenvalue weighted by Gasteiger charge is 2.40. The predicted octanol–water partition coefficient (Wildman–Crippen LogP) is 4.22. The third-order valence-electron chi connectivity index (χ3n) is 9.06. The smallest absolute Gasteiger partial charge is 0.404 e. The molecule has 1 saturated heterocycles. The molecule has 3 aromatic carbocycles. The average molecular weight is 715 g/mol. The Morgan fingerprint density at radius 2 is 1.40 bits per heavy atom. The van der Waals surface area contributed by atoms with Crippen molar-refractivity contribution in [3.63, 3.8) is 0 Å². The van der Waals surface area contributed by atoms with E-state index in [2.05, 4.69) is 10.6 Å². The van der Waals surface area contributed by atoms with Crippen LogP contribution in [0.15, 0.2) is 78.9 Å². The fourth-order valence-electron chi connectivity index (χ4n) is 6.67. The van der Waals surface area contributed by atoms with Crippen LogP contribution in [0.4, 0.5) is 14.4 Å². The van der Waals surface area contributed by atoms with Crippen molar-refractivity contribution in [1.29, 1.82) is 0 Å². The van der Waals surface area contributed by atoms with Gasteiger partial charge in [0.15, 0.2) is 6.61 Å². The number of ether oxygens (including phenoxy) is 2. The number of benzene rings is 3. The van der Waals surface area contributed by atoms with Gasteiger partial charge in [0, 0.05) is 25.6 Å². The third-order valence-corrected chi connectivity index (χ3v) is 9.06. The van der Waals surface area contributed by atoms with Crippen LogP contribution < -0.4 is 26.8 Å². The fraction of sp³-hybridized carbons (Fsp3) is 0.410. The quantitative estimate of drug-likeness (QED) is 0.171. The zero-order valence-corrected chi connectivity index (χ0v) is 30.2. The average Bonchev–Trinajstić information content (AvgIpc) is 3.08. The van der Waals surface area contributed by atoms with E-state index in [1.165, 1.54) is 4.90 Å². The largest absolute Gasteiger partial charge is 0.483 e. The van der Waals surface area contributed by atoms with Gasteiger partial charge >= 0.3 is 18.2 Å². The zero-order valence-electron chi connectivity index (χ0n) is 30.2.